The standard InChI is InChI=1S/C6H12N2OS2/c1-8-3-4-2-5(6(7)9)11-10-4/h4-5,8H,2-3H2,1H3,(H2,7,9). The molecule has 11 heavy (non-hydrogen) atoms. The van der Waals surface area contributed by atoms with Crippen LogP contribution in [0, 0.1) is 0 Å². The summed E-state index contributed by atoms with van der Waals surface area (Å²) in [5, 5.41) is 3.65. The van der Waals surface area contributed by atoms with Crippen LogP contribution >= 0.6 is 21.6 Å². The second-order valence-corrected chi connectivity index (χ2v) is 5.27. The average molecular weight is 192 g/mol. The lowest BCUT2D eigenvalue weighted by Crippen LogP contribution is -2.27. The molecule has 1 fully saturated rings. The van der Waals surface area contributed by atoms with Crippen molar-refractivity contribution in [2.45, 2.75) is 16.9 Å². The summed E-state index contributed by atoms with van der Waals surface area (Å²) >= 11 is 0. The van der Waals surface area contributed by atoms with Crippen molar-refractivity contribution >= 4 is 27.5 Å². The number of carbonyl (C=O) groups is 1. The third-order valence-electron chi connectivity index (χ3n) is 1.53. The van der Waals surface area contributed by atoms with Gasteiger partial charge in [0.25, 0.3) is 0 Å². The maximum absolute atomic E-state index is 10.7. The number of rotatable bonds is 3. The average Bonchev–Trinajstić information content (AvgIpc) is 2.37. The van der Waals surface area contributed by atoms with Crippen LogP contribution in [0.15, 0.2) is 0 Å². The van der Waals surface area contributed by atoms with Crippen LogP contribution in [0.25, 0.3) is 0 Å². The molecule has 3 N–H and O–H groups in total. The minimum Gasteiger partial charge on any atom is -0.369 e. The molecule has 64 valence electrons. The highest BCUT2D eigenvalue weighted by atomic mass is 33.1. The largest absolute Gasteiger partial charge is 0.369 e. The first-order valence-corrected chi connectivity index (χ1v) is 5.77. The third-order valence-corrected chi connectivity index (χ3v) is 4.78. The van der Waals surface area contributed by atoms with Gasteiger partial charge in [-0.3, -0.25) is 4.79 Å². The van der Waals surface area contributed by atoms with Crippen LogP contribution in [0.2, 0.25) is 0 Å². The van der Waals surface area contributed by atoms with Gasteiger partial charge in [-0.25, -0.2) is 0 Å². The molecule has 1 saturated heterocycles. The van der Waals surface area contributed by atoms with Crippen molar-refractivity contribution in [3.63, 3.8) is 0 Å². The van der Waals surface area contributed by atoms with E-state index in [1.807, 2.05) is 7.05 Å². The lowest BCUT2D eigenvalue weighted by Gasteiger charge is -2.04. The zero-order valence-electron chi connectivity index (χ0n) is 6.37. The molecule has 0 aliphatic carbocycles. The summed E-state index contributed by atoms with van der Waals surface area (Å²) in [6.07, 6.45) is 0.908. The van der Waals surface area contributed by atoms with Gasteiger partial charge >= 0.3 is 0 Å². The van der Waals surface area contributed by atoms with E-state index in [1.165, 1.54) is 0 Å². The van der Waals surface area contributed by atoms with Crippen LogP contribution in [0.4, 0.5) is 0 Å². The lowest BCUT2D eigenvalue weighted by molar-refractivity contribution is -0.117. The number of hydrogen-bond donors (Lipinski definition) is 2. The van der Waals surface area contributed by atoms with Gasteiger partial charge < -0.3 is 11.1 Å². The topological polar surface area (TPSA) is 55.1 Å². The predicted octanol–water partition coefficient (Wildman–Crippen LogP) is 0.213. The van der Waals surface area contributed by atoms with Gasteiger partial charge in [-0.1, -0.05) is 21.6 Å². The summed E-state index contributed by atoms with van der Waals surface area (Å²) in [4.78, 5) is 10.7. The lowest BCUT2D eigenvalue weighted by atomic mass is 10.2. The number of hydrogen-bond acceptors (Lipinski definition) is 4. The van der Waals surface area contributed by atoms with Crippen LogP contribution in [-0.4, -0.2) is 30.0 Å². The van der Waals surface area contributed by atoms with E-state index in [0.29, 0.717) is 5.25 Å². The molecule has 1 amide bonds. The first kappa shape index (κ1) is 9.22. The summed E-state index contributed by atoms with van der Waals surface area (Å²) in [7, 11) is 5.28. The molecule has 1 rings (SSSR count). The van der Waals surface area contributed by atoms with Crippen molar-refractivity contribution in [2.24, 2.45) is 5.73 Å². The van der Waals surface area contributed by atoms with Crippen LogP contribution in [0.1, 0.15) is 6.42 Å². The molecular weight excluding hydrogens is 180 g/mol. The highest BCUT2D eigenvalue weighted by Crippen LogP contribution is 2.42. The molecule has 3 nitrogen and oxygen atoms in total. The van der Waals surface area contributed by atoms with E-state index < -0.39 is 0 Å². The number of nitrogens with one attached hydrogen (secondary N) is 1. The first-order valence-electron chi connectivity index (χ1n) is 3.50. The summed E-state index contributed by atoms with van der Waals surface area (Å²) in [5.74, 6) is -0.180. The fraction of sp³-hybridized carbons (Fsp3) is 0.833. The van der Waals surface area contributed by atoms with E-state index in [-0.39, 0.29) is 11.2 Å². The van der Waals surface area contributed by atoms with Gasteiger partial charge in [0.15, 0.2) is 0 Å². The summed E-state index contributed by atoms with van der Waals surface area (Å²) in [5.41, 5.74) is 5.16. The van der Waals surface area contributed by atoms with Crippen molar-refractivity contribution in [1.82, 2.24) is 5.32 Å². The molecule has 1 aliphatic rings. The Kier molecular flexibility index (Phi) is 3.54. The van der Waals surface area contributed by atoms with Crippen LogP contribution in [0.3, 0.4) is 0 Å². The number of primary amides is 1. The smallest absolute Gasteiger partial charge is 0.231 e. The first-order chi connectivity index (χ1) is 5.24. The van der Waals surface area contributed by atoms with Crippen LogP contribution in [0.5, 0.6) is 0 Å². The van der Waals surface area contributed by atoms with Gasteiger partial charge in [-0.05, 0) is 13.5 Å². The molecule has 1 aliphatic heterocycles. The molecular formula is C6H12N2OS2. The van der Waals surface area contributed by atoms with Crippen molar-refractivity contribution in [3.05, 3.63) is 0 Å². The fourth-order valence-electron chi connectivity index (χ4n) is 0.972. The molecule has 0 spiro atoms. The Labute approximate surface area is 74.3 Å². The van der Waals surface area contributed by atoms with Crippen LogP contribution < -0.4 is 11.1 Å². The SMILES string of the molecule is CNCC1CC(C(N)=O)SS1. The third kappa shape index (κ3) is 2.57. The Hall–Kier alpha value is 0.130. The number of amides is 1. The molecule has 0 aromatic carbocycles. The molecule has 0 saturated carbocycles. The zero-order chi connectivity index (χ0) is 8.27. The highest BCUT2D eigenvalue weighted by Gasteiger charge is 2.29. The molecule has 2 atom stereocenters. The van der Waals surface area contributed by atoms with E-state index in [9.17, 15) is 4.79 Å². The molecule has 1 heterocycles. The Morgan fingerprint density at radius 1 is 1.73 bits per heavy atom. The molecule has 0 radical (unpaired) electrons. The fourth-order valence-corrected chi connectivity index (χ4v) is 4.13. The van der Waals surface area contributed by atoms with Gasteiger partial charge in [-0.15, -0.1) is 0 Å². The highest BCUT2D eigenvalue weighted by molar-refractivity contribution is 8.77. The molecule has 0 aromatic rings. The van der Waals surface area contributed by atoms with Gasteiger partial charge in [-0.2, -0.15) is 0 Å². The van der Waals surface area contributed by atoms with Gasteiger partial charge in [0.1, 0.15) is 0 Å². The number of carbonyl (C=O) groups excluding carboxylic acids is 1. The van der Waals surface area contributed by atoms with E-state index in [0.717, 1.165) is 13.0 Å². The molecule has 2 unspecified atom stereocenters. The normalized spacial score (nSPS) is 30.6. The molecule has 0 bridgehead atoms. The second-order valence-electron chi connectivity index (χ2n) is 2.50. The Balaban J connectivity index is 2.29. The molecule has 5 heteroatoms. The maximum atomic E-state index is 10.7. The van der Waals surface area contributed by atoms with E-state index >= 15 is 0 Å². The van der Waals surface area contributed by atoms with Crippen molar-refractivity contribution in [3.8, 4) is 0 Å². The summed E-state index contributed by atoms with van der Waals surface area (Å²) in [6, 6.07) is 0. The molecule has 0 aromatic heterocycles. The van der Waals surface area contributed by atoms with Crippen molar-refractivity contribution < 1.29 is 4.79 Å². The van der Waals surface area contributed by atoms with E-state index in [4.69, 9.17) is 5.73 Å². The summed E-state index contributed by atoms with van der Waals surface area (Å²) < 4.78 is 0. The Morgan fingerprint density at radius 3 is 2.91 bits per heavy atom. The minimum atomic E-state index is -0.180. The van der Waals surface area contributed by atoms with Gasteiger partial charge in [0, 0.05) is 11.8 Å². The zero-order valence-corrected chi connectivity index (χ0v) is 8.00. The van der Waals surface area contributed by atoms with E-state index in [1.54, 1.807) is 21.6 Å². The monoisotopic (exact) mass is 192 g/mol. The van der Waals surface area contributed by atoms with Crippen molar-refractivity contribution in [1.29, 1.82) is 0 Å². The van der Waals surface area contributed by atoms with Crippen molar-refractivity contribution in [2.75, 3.05) is 13.6 Å². The van der Waals surface area contributed by atoms with Gasteiger partial charge in [0.2, 0.25) is 5.91 Å². The maximum Gasteiger partial charge on any atom is 0.231 e. The quantitative estimate of drug-likeness (QED) is 0.628. The predicted molar refractivity (Wildman–Crippen MR) is 50.5 cm³/mol. The minimum absolute atomic E-state index is 0.0262. The Bertz CT molecular complexity index is 154. The second kappa shape index (κ2) is 4.23. The number of nitrogens with two attached hydrogens (primary N) is 1. The van der Waals surface area contributed by atoms with Gasteiger partial charge in [0.05, 0.1) is 5.25 Å². The van der Waals surface area contributed by atoms with E-state index in [2.05, 4.69) is 5.32 Å². The summed E-state index contributed by atoms with van der Waals surface area (Å²) in [6.45, 7) is 0.960. The van der Waals surface area contributed by atoms with Crippen LogP contribution in [-0.2, 0) is 4.79 Å². The Morgan fingerprint density at radius 2 is 2.45 bits per heavy atom.